The van der Waals surface area contributed by atoms with E-state index in [4.69, 9.17) is 4.74 Å². The van der Waals surface area contributed by atoms with Crippen molar-refractivity contribution in [3.05, 3.63) is 77.6 Å². The van der Waals surface area contributed by atoms with Gasteiger partial charge in [0, 0.05) is 64.1 Å². The second-order valence-electron chi connectivity index (χ2n) is 10.8. The van der Waals surface area contributed by atoms with Crippen LogP contribution in [0.4, 0.5) is 5.69 Å². The van der Waals surface area contributed by atoms with Gasteiger partial charge in [-0.05, 0) is 68.5 Å². The maximum absolute atomic E-state index is 13.9. The van der Waals surface area contributed by atoms with Crippen molar-refractivity contribution in [3.63, 3.8) is 0 Å². The Balaban J connectivity index is 1.60. The van der Waals surface area contributed by atoms with Crippen LogP contribution in [0.5, 0.6) is 5.75 Å². The number of methoxy groups -OCH3 is 1. The van der Waals surface area contributed by atoms with Crippen LogP contribution in [0.2, 0.25) is 0 Å². The molecule has 1 aromatic heterocycles. The molecule has 0 bridgehead atoms. The number of hydrogen-bond acceptors (Lipinski definition) is 5. The molecule has 8 heteroatoms. The number of para-hydroxylation sites is 1. The highest BCUT2D eigenvalue weighted by molar-refractivity contribution is 5.96. The first kappa shape index (κ1) is 29.3. The second kappa shape index (κ2) is 14.1. The lowest BCUT2D eigenvalue weighted by atomic mass is 10.0. The minimum absolute atomic E-state index is 0.0631. The molecular formula is C32H43N5O3. The Labute approximate surface area is 238 Å². The average molecular weight is 546 g/mol. The van der Waals surface area contributed by atoms with E-state index in [0.29, 0.717) is 45.1 Å². The summed E-state index contributed by atoms with van der Waals surface area (Å²) >= 11 is 0. The molecular weight excluding hydrogens is 502 g/mol. The summed E-state index contributed by atoms with van der Waals surface area (Å²) in [6.07, 6.45) is 6.05. The fourth-order valence-corrected chi connectivity index (χ4v) is 5.40. The van der Waals surface area contributed by atoms with Crippen molar-refractivity contribution in [1.29, 1.82) is 0 Å². The first-order valence-corrected chi connectivity index (χ1v) is 14.4. The Hall–Kier alpha value is -3.65. The van der Waals surface area contributed by atoms with Gasteiger partial charge in [-0.25, -0.2) is 0 Å². The van der Waals surface area contributed by atoms with Crippen molar-refractivity contribution in [1.82, 2.24) is 19.6 Å². The molecule has 0 atom stereocenters. The highest BCUT2D eigenvalue weighted by atomic mass is 16.5. The van der Waals surface area contributed by atoms with Crippen LogP contribution in [-0.2, 0) is 29.1 Å². The van der Waals surface area contributed by atoms with Gasteiger partial charge in [-0.1, -0.05) is 30.3 Å². The molecule has 0 radical (unpaired) electrons. The van der Waals surface area contributed by atoms with Crippen molar-refractivity contribution >= 4 is 17.5 Å². The van der Waals surface area contributed by atoms with Gasteiger partial charge in [0.1, 0.15) is 5.75 Å². The molecule has 0 N–H and O–H groups in total. The number of amides is 2. The number of carbonyl (C=O) groups excluding carboxylic acids is 2. The summed E-state index contributed by atoms with van der Waals surface area (Å²) in [6.45, 7) is 10.6. The number of aromatic nitrogens is 2. The van der Waals surface area contributed by atoms with E-state index < -0.39 is 0 Å². The molecule has 2 aromatic carbocycles. The van der Waals surface area contributed by atoms with Crippen molar-refractivity contribution < 1.29 is 14.3 Å². The fraction of sp³-hybridized carbons (Fsp3) is 0.469. The van der Waals surface area contributed by atoms with Crippen LogP contribution in [0.3, 0.4) is 0 Å². The molecule has 40 heavy (non-hydrogen) atoms. The van der Waals surface area contributed by atoms with Crippen LogP contribution in [0.1, 0.15) is 49.8 Å². The molecule has 0 aliphatic carbocycles. The first-order valence-electron chi connectivity index (χ1n) is 14.4. The van der Waals surface area contributed by atoms with Gasteiger partial charge in [-0.3, -0.25) is 19.2 Å². The Morgan fingerprint density at radius 2 is 1.77 bits per heavy atom. The zero-order valence-electron chi connectivity index (χ0n) is 24.4. The van der Waals surface area contributed by atoms with Gasteiger partial charge >= 0.3 is 0 Å². The molecule has 2 heterocycles. The van der Waals surface area contributed by atoms with Gasteiger partial charge in [0.05, 0.1) is 19.2 Å². The molecule has 214 valence electrons. The van der Waals surface area contributed by atoms with E-state index >= 15 is 0 Å². The van der Waals surface area contributed by atoms with E-state index in [0.717, 1.165) is 54.1 Å². The molecule has 0 fully saturated rings. The highest BCUT2D eigenvalue weighted by Crippen LogP contribution is 2.29. The van der Waals surface area contributed by atoms with Gasteiger partial charge < -0.3 is 14.5 Å². The maximum atomic E-state index is 13.9. The van der Waals surface area contributed by atoms with Crippen molar-refractivity contribution in [2.45, 2.75) is 65.6 Å². The molecule has 1 aliphatic rings. The van der Waals surface area contributed by atoms with Gasteiger partial charge in [0.2, 0.25) is 11.8 Å². The van der Waals surface area contributed by atoms with E-state index in [-0.39, 0.29) is 11.8 Å². The monoisotopic (exact) mass is 545 g/mol. The second-order valence-corrected chi connectivity index (χ2v) is 10.8. The van der Waals surface area contributed by atoms with E-state index in [1.165, 1.54) is 0 Å². The van der Waals surface area contributed by atoms with E-state index in [9.17, 15) is 9.59 Å². The van der Waals surface area contributed by atoms with Gasteiger partial charge in [-0.15, -0.1) is 0 Å². The number of hydrogen-bond donors (Lipinski definition) is 0. The quantitative estimate of drug-likeness (QED) is 0.411. The van der Waals surface area contributed by atoms with Crippen LogP contribution >= 0.6 is 0 Å². The largest absolute Gasteiger partial charge is 0.497 e. The topological polar surface area (TPSA) is 70.9 Å². The van der Waals surface area contributed by atoms with Crippen LogP contribution in [0.15, 0.2) is 60.9 Å². The fourth-order valence-electron chi connectivity index (χ4n) is 5.40. The summed E-state index contributed by atoms with van der Waals surface area (Å²) in [5, 5.41) is 4.26. The smallest absolute Gasteiger partial charge is 0.231 e. The number of benzene rings is 2. The summed E-state index contributed by atoms with van der Waals surface area (Å²) in [5.41, 5.74) is 3.95. The Morgan fingerprint density at radius 1 is 0.975 bits per heavy atom. The molecule has 0 spiro atoms. The molecule has 2 amide bonds. The molecule has 8 nitrogen and oxygen atoms in total. The zero-order valence-corrected chi connectivity index (χ0v) is 24.4. The van der Waals surface area contributed by atoms with E-state index in [1.54, 1.807) is 13.3 Å². The molecule has 3 aromatic rings. The predicted octanol–water partition coefficient (Wildman–Crippen LogP) is 4.70. The minimum Gasteiger partial charge on any atom is -0.497 e. The van der Waals surface area contributed by atoms with Crippen molar-refractivity contribution in [2.24, 2.45) is 0 Å². The zero-order chi connectivity index (χ0) is 28.5. The van der Waals surface area contributed by atoms with E-state index in [2.05, 4.69) is 42.9 Å². The number of fused-ring (bicyclic) bond motifs is 1. The lowest BCUT2D eigenvalue weighted by Crippen LogP contribution is -2.41. The first-order chi connectivity index (χ1) is 19.4. The molecule has 0 saturated carbocycles. The number of carbonyl (C=O) groups is 2. The van der Waals surface area contributed by atoms with Crippen LogP contribution in [0, 0.1) is 6.92 Å². The number of nitrogens with zero attached hydrogens (tertiary/aromatic N) is 5. The van der Waals surface area contributed by atoms with Crippen LogP contribution in [-0.4, -0.2) is 70.7 Å². The van der Waals surface area contributed by atoms with Crippen molar-refractivity contribution in [2.75, 3.05) is 38.2 Å². The summed E-state index contributed by atoms with van der Waals surface area (Å²) in [7, 11) is 1.64. The lowest BCUT2D eigenvalue weighted by molar-refractivity contribution is -0.132. The number of anilines is 1. The summed E-state index contributed by atoms with van der Waals surface area (Å²) in [6, 6.07) is 16.1. The van der Waals surface area contributed by atoms with E-state index in [1.807, 2.05) is 57.1 Å². The van der Waals surface area contributed by atoms with Gasteiger partial charge in [0.25, 0.3) is 0 Å². The van der Waals surface area contributed by atoms with Crippen molar-refractivity contribution in [3.8, 4) is 5.75 Å². The summed E-state index contributed by atoms with van der Waals surface area (Å²) < 4.78 is 7.15. The lowest BCUT2D eigenvalue weighted by Gasteiger charge is -2.30. The standard InChI is InChI=1S/C32H43N5O3/c1-25(2)34-17-8-20-37(31(39)23-27-12-14-29(40-4)15-13-27)32-26(3)9-5-10-28(32)24-35(22-21-34)30(38)11-6-18-36-19-7-16-33-36/h5,7,9-10,12-16,19,25H,6,8,11,17-18,20-24H2,1-4H3. The normalized spacial score (nSPS) is 15.0. The maximum Gasteiger partial charge on any atom is 0.231 e. The third kappa shape index (κ3) is 7.72. The van der Waals surface area contributed by atoms with Gasteiger partial charge in [0.15, 0.2) is 0 Å². The molecule has 1 aliphatic heterocycles. The number of ether oxygens (including phenoxy) is 1. The van der Waals surface area contributed by atoms with Gasteiger partial charge in [-0.2, -0.15) is 5.10 Å². The van der Waals surface area contributed by atoms with Crippen LogP contribution < -0.4 is 9.64 Å². The summed E-state index contributed by atoms with van der Waals surface area (Å²) in [4.78, 5) is 33.8. The SMILES string of the molecule is COc1ccc(CC(=O)N2CCCN(C(C)C)CCN(C(=O)CCCn3cccn3)Cc3cccc(C)c32)cc1. The Kier molecular flexibility index (Phi) is 10.4. The molecule has 4 rings (SSSR count). The summed E-state index contributed by atoms with van der Waals surface area (Å²) in [5.74, 6) is 0.975. The Bertz CT molecular complexity index is 1240. The average Bonchev–Trinajstić information content (AvgIpc) is 3.45. The Morgan fingerprint density at radius 3 is 2.48 bits per heavy atom. The third-order valence-corrected chi connectivity index (χ3v) is 7.67. The molecule has 0 saturated heterocycles. The van der Waals surface area contributed by atoms with Crippen LogP contribution in [0.25, 0.3) is 0 Å². The predicted molar refractivity (Wildman–Crippen MR) is 158 cm³/mol. The minimum atomic E-state index is 0.0631. The highest BCUT2D eigenvalue weighted by Gasteiger charge is 2.25. The number of aryl methyl sites for hydroxylation is 2. The number of rotatable bonds is 8. The molecule has 0 unspecified atom stereocenters. The third-order valence-electron chi connectivity index (χ3n) is 7.67.